The fourth-order valence-corrected chi connectivity index (χ4v) is 5.22. The number of nitriles is 1. The van der Waals surface area contributed by atoms with Gasteiger partial charge in [-0.3, -0.25) is 14.4 Å². The Hall–Kier alpha value is -4.48. The van der Waals surface area contributed by atoms with Crippen molar-refractivity contribution in [3.63, 3.8) is 0 Å². The molecule has 0 spiro atoms. The van der Waals surface area contributed by atoms with Crippen LogP contribution in [0.5, 0.6) is 0 Å². The molecule has 1 unspecified atom stereocenters. The maximum atomic E-state index is 14.1. The summed E-state index contributed by atoms with van der Waals surface area (Å²) in [6.45, 7) is 2.05. The minimum atomic E-state index is -1.09. The number of thioether (sulfide) groups is 1. The molecule has 0 saturated carbocycles. The van der Waals surface area contributed by atoms with Gasteiger partial charge in [0.1, 0.15) is 11.2 Å². The highest BCUT2D eigenvalue weighted by molar-refractivity contribution is 8.05. The van der Waals surface area contributed by atoms with E-state index >= 15 is 0 Å². The quantitative estimate of drug-likeness (QED) is 0.347. The van der Waals surface area contributed by atoms with Gasteiger partial charge in [-0.25, -0.2) is 4.39 Å². The van der Waals surface area contributed by atoms with Crippen molar-refractivity contribution in [3.8, 4) is 18.4 Å². The van der Waals surface area contributed by atoms with E-state index in [1.54, 1.807) is 68.4 Å². The third-order valence-corrected chi connectivity index (χ3v) is 7.37. The van der Waals surface area contributed by atoms with Crippen molar-refractivity contribution < 1.29 is 18.8 Å². The average Bonchev–Trinajstić information content (AvgIpc) is 3.25. The van der Waals surface area contributed by atoms with E-state index in [1.165, 1.54) is 22.1 Å². The third-order valence-electron chi connectivity index (χ3n) is 6.05. The Balaban J connectivity index is 1.70. The number of carbonyl (C=O) groups is 3. The van der Waals surface area contributed by atoms with E-state index in [-0.39, 0.29) is 24.9 Å². The molecule has 3 rings (SSSR count). The molecule has 1 fully saturated rings. The number of hydrogen-bond acceptors (Lipinski definition) is 7. The molecule has 0 radical (unpaired) electrons. The molecule has 9 nitrogen and oxygen atoms in total. The van der Waals surface area contributed by atoms with E-state index in [4.69, 9.17) is 6.42 Å². The number of carbonyl (C=O) groups excluding carboxylic acids is 3. The zero-order valence-corrected chi connectivity index (χ0v) is 22.7. The molecule has 2 N–H and O–H groups in total. The van der Waals surface area contributed by atoms with Gasteiger partial charge in [0.25, 0.3) is 5.91 Å². The number of hydrogen-bond donors (Lipinski definition) is 2. The number of rotatable bonds is 10. The summed E-state index contributed by atoms with van der Waals surface area (Å²) in [4.78, 5) is 43.1. The van der Waals surface area contributed by atoms with Gasteiger partial charge in [0.2, 0.25) is 11.8 Å². The molecule has 1 aliphatic rings. The minimum Gasteiger partial charge on any atom is -0.363 e. The molecule has 0 bridgehead atoms. The first-order chi connectivity index (χ1) is 18.7. The van der Waals surface area contributed by atoms with Gasteiger partial charge in [-0.2, -0.15) is 5.26 Å². The number of likely N-dealkylation sites (N-methyl/N-ethyl adjacent to an activating group) is 3. The van der Waals surface area contributed by atoms with Gasteiger partial charge in [0.15, 0.2) is 5.92 Å². The summed E-state index contributed by atoms with van der Waals surface area (Å²) in [5.74, 6) is -0.288. The summed E-state index contributed by atoms with van der Waals surface area (Å²) < 4.78 is 14.1. The summed E-state index contributed by atoms with van der Waals surface area (Å²) in [7, 11) is 3.27. The lowest BCUT2D eigenvalue weighted by Crippen LogP contribution is -2.43. The number of anilines is 3. The summed E-state index contributed by atoms with van der Waals surface area (Å²) in [5, 5.41) is 14.5. The largest absolute Gasteiger partial charge is 0.363 e. The highest BCUT2D eigenvalue weighted by atomic mass is 32.2. The van der Waals surface area contributed by atoms with E-state index in [9.17, 15) is 24.0 Å². The predicted octanol–water partition coefficient (Wildman–Crippen LogP) is 2.99. The molecular weight excluding hydrogens is 519 g/mol. The summed E-state index contributed by atoms with van der Waals surface area (Å²) in [5.41, 5.74) is 1.54. The van der Waals surface area contributed by atoms with Crippen molar-refractivity contribution in [1.82, 2.24) is 10.2 Å². The summed E-state index contributed by atoms with van der Waals surface area (Å²) in [6, 6.07) is 15.3. The van der Waals surface area contributed by atoms with E-state index in [0.717, 1.165) is 11.8 Å². The van der Waals surface area contributed by atoms with Crippen molar-refractivity contribution in [2.24, 2.45) is 5.92 Å². The van der Waals surface area contributed by atoms with Crippen molar-refractivity contribution in [1.29, 1.82) is 5.26 Å². The van der Waals surface area contributed by atoms with Gasteiger partial charge in [0, 0.05) is 38.2 Å². The van der Waals surface area contributed by atoms with E-state index in [0.29, 0.717) is 28.5 Å². The Morgan fingerprint density at radius 1 is 1.26 bits per heavy atom. The van der Waals surface area contributed by atoms with Crippen molar-refractivity contribution in [2.75, 3.05) is 48.8 Å². The Kier molecular flexibility index (Phi) is 9.96. The first-order valence-electron chi connectivity index (χ1n) is 12.1. The number of benzene rings is 2. The first-order valence-corrected chi connectivity index (χ1v) is 13.0. The van der Waals surface area contributed by atoms with Crippen LogP contribution < -0.4 is 20.4 Å². The second kappa shape index (κ2) is 13.4. The normalized spacial score (nSPS) is 16.3. The lowest BCUT2D eigenvalue weighted by Gasteiger charge is -2.24. The highest BCUT2D eigenvalue weighted by Crippen LogP contribution is 2.39. The zero-order valence-electron chi connectivity index (χ0n) is 21.8. The predicted molar refractivity (Wildman–Crippen MR) is 151 cm³/mol. The van der Waals surface area contributed by atoms with Crippen LogP contribution >= 0.6 is 11.8 Å². The molecular formula is C28H29FN6O3S. The second-order valence-corrected chi connectivity index (χ2v) is 9.75. The van der Waals surface area contributed by atoms with Crippen LogP contribution in [0.25, 0.3) is 0 Å². The fourth-order valence-electron chi connectivity index (χ4n) is 3.92. The maximum Gasteiger partial charge on any atom is 0.262 e. The lowest BCUT2D eigenvalue weighted by molar-refractivity contribution is -0.128. The molecule has 2 atom stereocenters. The first kappa shape index (κ1) is 29.1. The molecule has 202 valence electrons. The van der Waals surface area contributed by atoms with Gasteiger partial charge in [-0.15, -0.1) is 6.42 Å². The SMILES string of the molecule is C#CCNC(=O)[C@@H](C#N)C1S/C(=C/Nc2cccc(N(C)C(=O)CN(C)c3ccccc3F)c2)C(=O)N1CC. The number of nitrogens with one attached hydrogen (secondary N) is 2. The van der Waals surface area contributed by atoms with E-state index < -0.39 is 23.0 Å². The summed E-state index contributed by atoms with van der Waals surface area (Å²) in [6.07, 6.45) is 6.71. The fraction of sp³-hybridized carbons (Fsp3) is 0.286. The average molecular weight is 549 g/mol. The van der Waals surface area contributed by atoms with Gasteiger partial charge < -0.3 is 25.3 Å². The summed E-state index contributed by atoms with van der Waals surface area (Å²) >= 11 is 1.13. The van der Waals surface area contributed by atoms with Crippen LogP contribution in [-0.2, 0) is 14.4 Å². The molecule has 39 heavy (non-hydrogen) atoms. The van der Waals surface area contributed by atoms with Crippen LogP contribution in [0.1, 0.15) is 6.92 Å². The van der Waals surface area contributed by atoms with Gasteiger partial charge in [-0.1, -0.05) is 35.9 Å². The smallest absolute Gasteiger partial charge is 0.262 e. The van der Waals surface area contributed by atoms with Crippen molar-refractivity contribution in [3.05, 3.63) is 65.5 Å². The number of amides is 3. The number of para-hydroxylation sites is 1. The van der Waals surface area contributed by atoms with Crippen LogP contribution in [0.15, 0.2) is 59.6 Å². The number of nitrogens with zero attached hydrogens (tertiary/aromatic N) is 4. The molecule has 2 aromatic carbocycles. The molecule has 2 aromatic rings. The van der Waals surface area contributed by atoms with Crippen LogP contribution in [0.4, 0.5) is 21.5 Å². The highest BCUT2D eigenvalue weighted by Gasteiger charge is 2.43. The Morgan fingerprint density at radius 2 is 2.00 bits per heavy atom. The molecule has 1 saturated heterocycles. The van der Waals surface area contributed by atoms with E-state index in [2.05, 4.69) is 16.6 Å². The Bertz CT molecular complexity index is 1350. The molecule has 0 aliphatic carbocycles. The zero-order chi connectivity index (χ0) is 28.5. The molecule has 1 heterocycles. The molecule has 3 amide bonds. The van der Waals surface area contributed by atoms with Gasteiger partial charge >= 0.3 is 0 Å². The molecule has 11 heteroatoms. The van der Waals surface area contributed by atoms with Gasteiger partial charge in [-0.05, 0) is 37.3 Å². The lowest BCUT2D eigenvalue weighted by atomic mass is 10.1. The molecule has 0 aromatic heterocycles. The van der Waals surface area contributed by atoms with Gasteiger partial charge in [0.05, 0.1) is 29.8 Å². The Morgan fingerprint density at radius 3 is 2.67 bits per heavy atom. The molecule has 1 aliphatic heterocycles. The maximum absolute atomic E-state index is 14.1. The number of terminal acetylenes is 1. The van der Waals surface area contributed by atoms with Crippen molar-refractivity contribution >= 4 is 46.5 Å². The topological polar surface area (TPSA) is 109 Å². The van der Waals surface area contributed by atoms with Crippen LogP contribution in [-0.4, -0.2) is 61.7 Å². The van der Waals surface area contributed by atoms with Crippen molar-refractivity contribution in [2.45, 2.75) is 12.3 Å². The third kappa shape index (κ3) is 6.89. The Labute approximate surface area is 231 Å². The van der Waals surface area contributed by atoms with Crippen LogP contribution in [0.2, 0.25) is 0 Å². The standard InChI is InChI=1S/C28H29FN6O3S/c1-5-14-31-26(37)21(16-30)28-35(6-2)27(38)24(39-28)17-32-19-10-9-11-20(15-19)34(4)25(36)18-33(3)23-13-8-7-12-22(23)29/h1,7-13,15,17,21,28,32H,6,14,18H2,2-4H3,(H,31,37)/b24-17+/t21-,28?/m1/s1. The van der Waals surface area contributed by atoms with Crippen LogP contribution in [0.3, 0.4) is 0 Å². The second-order valence-electron chi connectivity index (χ2n) is 8.59. The van der Waals surface area contributed by atoms with E-state index in [1.807, 2.05) is 6.07 Å². The monoisotopic (exact) mass is 548 g/mol. The number of halogens is 1. The van der Waals surface area contributed by atoms with Crippen LogP contribution in [0, 0.1) is 35.4 Å². The minimum absolute atomic E-state index is 0.00849.